The number of amides is 2. The van der Waals surface area contributed by atoms with Crippen molar-refractivity contribution in [1.29, 1.82) is 0 Å². The van der Waals surface area contributed by atoms with E-state index in [9.17, 15) is 40.2 Å². The molecule has 0 heterocycles. The van der Waals surface area contributed by atoms with Crippen LogP contribution in [-0.4, -0.2) is 61.0 Å². The van der Waals surface area contributed by atoms with E-state index in [0.29, 0.717) is 0 Å². The third-order valence-electron chi connectivity index (χ3n) is 3.65. The first kappa shape index (κ1) is 20.9. The van der Waals surface area contributed by atoms with Gasteiger partial charge in [-0.05, 0) is 0 Å². The minimum atomic E-state index is -0.937. The largest absolute Gasteiger partial charge is 1.00 e. The lowest BCUT2D eigenvalue weighted by atomic mass is 10.1. The zero-order valence-corrected chi connectivity index (χ0v) is 14.4. The molecular weight excluding hydrogens is 370 g/mol. The van der Waals surface area contributed by atoms with Crippen LogP contribution in [0.2, 0.25) is 0 Å². The summed E-state index contributed by atoms with van der Waals surface area (Å²) in [5.74, 6) is -6.26. The molecule has 0 spiro atoms. The van der Waals surface area contributed by atoms with Crippen molar-refractivity contribution in [1.82, 2.24) is 0 Å². The van der Waals surface area contributed by atoms with Crippen molar-refractivity contribution in [3.05, 3.63) is 35.4 Å². The highest BCUT2D eigenvalue weighted by atomic mass is 35.5. The van der Waals surface area contributed by atoms with Crippen LogP contribution < -0.4 is 12.4 Å². The molecule has 2 aromatic carbocycles. The number of nitrogens with zero attached hydrogens (tertiary/aromatic N) is 1. The van der Waals surface area contributed by atoms with E-state index in [0.717, 1.165) is 24.3 Å². The van der Waals surface area contributed by atoms with Crippen molar-refractivity contribution in [3.8, 4) is 34.5 Å². The molecule has 10 heteroatoms. The van der Waals surface area contributed by atoms with Crippen LogP contribution in [0, 0.1) is 0 Å². The van der Waals surface area contributed by atoms with Crippen molar-refractivity contribution in [2.45, 2.75) is 0 Å². The van der Waals surface area contributed by atoms with Crippen molar-refractivity contribution >= 4 is 11.8 Å². The number of imide groups is 1. The van der Waals surface area contributed by atoms with E-state index in [2.05, 4.69) is 0 Å². The van der Waals surface area contributed by atoms with Gasteiger partial charge < -0.3 is 43.0 Å². The molecule has 0 fully saturated rings. The fraction of sp³-hybridized carbons (Fsp3) is 0.125. The number of benzene rings is 2. The molecule has 0 saturated carbocycles. The number of hydrogen-bond acceptors (Lipinski definition) is 8. The summed E-state index contributed by atoms with van der Waals surface area (Å²) in [5, 5.41) is 56.7. The molecule has 0 unspecified atom stereocenters. The van der Waals surface area contributed by atoms with E-state index < -0.39 is 50.8 Å². The maximum absolute atomic E-state index is 12.6. The van der Waals surface area contributed by atoms with E-state index in [1.165, 1.54) is 14.1 Å². The number of phenolic OH excluding ortho intramolecular Hbond substituents is 6. The highest BCUT2D eigenvalue weighted by Crippen LogP contribution is 2.38. The third-order valence-corrected chi connectivity index (χ3v) is 3.65. The number of phenols is 6. The molecule has 0 radical (unpaired) electrons. The van der Waals surface area contributed by atoms with Crippen LogP contribution in [0.15, 0.2) is 24.3 Å². The van der Waals surface area contributed by atoms with Gasteiger partial charge in [-0.15, -0.1) is 0 Å². The molecule has 0 aliphatic carbocycles. The Hall–Kier alpha value is -3.17. The average molecular weight is 386 g/mol. The van der Waals surface area contributed by atoms with Gasteiger partial charge in [0.05, 0.1) is 25.2 Å². The quantitative estimate of drug-likeness (QED) is 0.197. The normalized spacial score (nSPS) is 10.8. The topological polar surface area (TPSA) is 156 Å². The average Bonchev–Trinajstić information content (AvgIpc) is 2.55. The van der Waals surface area contributed by atoms with Gasteiger partial charge in [-0.1, -0.05) is 0 Å². The molecule has 0 atom stereocenters. The van der Waals surface area contributed by atoms with Crippen LogP contribution in [0.1, 0.15) is 20.7 Å². The van der Waals surface area contributed by atoms with Gasteiger partial charge in [-0.25, -0.2) is 9.59 Å². The Balaban J connectivity index is 0.00000338. The molecule has 140 valence electrons. The van der Waals surface area contributed by atoms with Gasteiger partial charge in [0.2, 0.25) is 0 Å². The summed E-state index contributed by atoms with van der Waals surface area (Å²) in [4.78, 5) is 25.2. The summed E-state index contributed by atoms with van der Waals surface area (Å²) in [6.45, 7) is 0. The molecule has 0 aliphatic heterocycles. The van der Waals surface area contributed by atoms with E-state index in [1.807, 2.05) is 0 Å². The molecule has 0 saturated heterocycles. The number of halogens is 1. The molecule has 6 N–H and O–H groups in total. The van der Waals surface area contributed by atoms with E-state index >= 15 is 0 Å². The lowest BCUT2D eigenvalue weighted by molar-refractivity contribution is -0.720. The second kappa shape index (κ2) is 6.98. The molecular formula is C16H16ClNO8. The van der Waals surface area contributed by atoms with Crippen LogP contribution in [-0.2, 0) is 0 Å². The monoisotopic (exact) mass is 385 g/mol. The molecule has 26 heavy (non-hydrogen) atoms. The predicted molar refractivity (Wildman–Crippen MR) is 83.6 cm³/mol. The number of quaternary nitrogens is 1. The number of hydrogen-bond donors (Lipinski definition) is 6. The van der Waals surface area contributed by atoms with Crippen molar-refractivity contribution in [3.63, 3.8) is 0 Å². The number of rotatable bonds is 2. The summed E-state index contributed by atoms with van der Waals surface area (Å²) in [7, 11) is 2.43. The minimum absolute atomic E-state index is 0. The Bertz CT molecular complexity index is 776. The zero-order valence-electron chi connectivity index (χ0n) is 13.6. The van der Waals surface area contributed by atoms with Gasteiger partial charge in [0, 0.05) is 24.3 Å². The maximum Gasteiger partial charge on any atom is 0.353 e. The summed E-state index contributed by atoms with van der Waals surface area (Å²) in [6, 6.07) is 3.54. The van der Waals surface area contributed by atoms with Crippen LogP contribution in [0.3, 0.4) is 0 Å². The first-order chi connectivity index (χ1) is 11.5. The molecule has 2 rings (SSSR count). The Morgan fingerprint density at radius 2 is 0.885 bits per heavy atom. The van der Waals surface area contributed by atoms with E-state index in [1.54, 1.807) is 0 Å². The van der Waals surface area contributed by atoms with E-state index in [4.69, 9.17) is 0 Å². The lowest BCUT2D eigenvalue weighted by Crippen LogP contribution is -3.00. The van der Waals surface area contributed by atoms with Gasteiger partial charge in [0.1, 0.15) is 0 Å². The van der Waals surface area contributed by atoms with Crippen LogP contribution in [0.4, 0.5) is 0 Å². The smallest absolute Gasteiger partial charge is 0.353 e. The number of aromatic hydroxyl groups is 6. The molecule has 2 amide bonds. The van der Waals surface area contributed by atoms with Crippen molar-refractivity contribution in [2.75, 3.05) is 14.1 Å². The highest BCUT2D eigenvalue weighted by Gasteiger charge is 2.39. The Labute approximate surface area is 153 Å². The summed E-state index contributed by atoms with van der Waals surface area (Å²) < 4.78 is -0.937. The molecule has 0 bridgehead atoms. The SMILES string of the molecule is C[N+](C)(C(=O)c1cc(O)c(O)c(O)c1)C(=O)c1cc(O)c(O)c(O)c1.[Cl-]. The Morgan fingerprint density at radius 3 is 1.12 bits per heavy atom. The van der Waals surface area contributed by atoms with Gasteiger partial charge in [0.15, 0.2) is 34.5 Å². The Morgan fingerprint density at radius 1 is 0.654 bits per heavy atom. The van der Waals surface area contributed by atoms with Gasteiger partial charge in [-0.3, -0.25) is 0 Å². The molecule has 9 nitrogen and oxygen atoms in total. The van der Waals surface area contributed by atoms with Crippen LogP contribution in [0.5, 0.6) is 34.5 Å². The van der Waals surface area contributed by atoms with Crippen molar-refractivity contribution in [2.24, 2.45) is 0 Å². The summed E-state index contributed by atoms with van der Waals surface area (Å²) in [6.07, 6.45) is 0. The highest BCUT2D eigenvalue weighted by molar-refractivity contribution is 6.02. The van der Waals surface area contributed by atoms with Gasteiger partial charge >= 0.3 is 11.8 Å². The molecule has 2 aromatic rings. The zero-order chi connectivity index (χ0) is 19.1. The first-order valence-corrected chi connectivity index (χ1v) is 6.90. The second-order valence-corrected chi connectivity index (χ2v) is 5.79. The fourth-order valence-corrected chi connectivity index (χ4v) is 2.19. The standard InChI is InChI=1S/C16H15NO8.ClH/c1-17(2,15(24)7-3-9(18)13(22)10(19)4-7)16(25)8-5-11(20)14(23)12(21)6-8;/h3-6H,1-2H3,(H5-,18,19,20,21,22,23,24,25);1H. The number of carbonyl (C=O) groups excluding carboxylic acids is 2. The minimum Gasteiger partial charge on any atom is -1.00 e. The second-order valence-electron chi connectivity index (χ2n) is 5.79. The summed E-state index contributed by atoms with van der Waals surface area (Å²) >= 11 is 0. The molecule has 0 aliphatic rings. The van der Waals surface area contributed by atoms with Gasteiger partial charge in [0.25, 0.3) is 0 Å². The predicted octanol–water partition coefficient (Wildman–Crippen LogP) is -2.02. The number of carbonyl (C=O) groups is 2. The fourth-order valence-electron chi connectivity index (χ4n) is 2.19. The first-order valence-electron chi connectivity index (χ1n) is 6.90. The Kier molecular flexibility index (Phi) is 5.61. The van der Waals surface area contributed by atoms with E-state index in [-0.39, 0.29) is 23.5 Å². The van der Waals surface area contributed by atoms with Crippen LogP contribution in [0.25, 0.3) is 0 Å². The third kappa shape index (κ3) is 3.44. The van der Waals surface area contributed by atoms with Crippen molar-refractivity contribution < 1.29 is 57.1 Å². The lowest BCUT2D eigenvalue weighted by Gasteiger charge is -2.24. The summed E-state index contributed by atoms with van der Waals surface area (Å²) in [5.41, 5.74) is -0.503. The molecule has 0 aromatic heterocycles. The van der Waals surface area contributed by atoms with Crippen LogP contribution >= 0.6 is 0 Å². The maximum atomic E-state index is 12.6. The van der Waals surface area contributed by atoms with Gasteiger partial charge in [-0.2, -0.15) is 4.48 Å².